The first-order valence-electron chi connectivity index (χ1n) is 10.3. The van der Waals surface area contributed by atoms with Gasteiger partial charge >= 0.3 is 0 Å². The normalized spacial score (nSPS) is 22.9. The van der Waals surface area contributed by atoms with Crippen LogP contribution in [0, 0.1) is 11.8 Å². The van der Waals surface area contributed by atoms with Crippen LogP contribution in [-0.2, 0) is 16.0 Å². The standard InChI is InChI=1S/C24H28N2O2/c1-17(27)26-13-11-21(12-14-26)23-16-22(25-24(23)28)15-18-7-9-20(10-8-18)19-5-3-2-4-6-19/h2-10,21-23H,11-16H2,1H3,(H,25,28)/t22-,23?/m1/s1. The van der Waals surface area contributed by atoms with E-state index in [1.54, 1.807) is 6.92 Å². The maximum atomic E-state index is 12.5. The van der Waals surface area contributed by atoms with Crippen LogP contribution in [0.25, 0.3) is 11.1 Å². The van der Waals surface area contributed by atoms with E-state index < -0.39 is 0 Å². The maximum absolute atomic E-state index is 12.5. The predicted molar refractivity (Wildman–Crippen MR) is 111 cm³/mol. The van der Waals surface area contributed by atoms with Gasteiger partial charge in [0, 0.05) is 32.0 Å². The predicted octanol–water partition coefficient (Wildman–Crippen LogP) is 3.66. The van der Waals surface area contributed by atoms with E-state index in [0.29, 0.717) is 5.92 Å². The summed E-state index contributed by atoms with van der Waals surface area (Å²) in [7, 11) is 0. The quantitative estimate of drug-likeness (QED) is 0.885. The molecule has 2 atom stereocenters. The minimum Gasteiger partial charge on any atom is -0.353 e. The minimum atomic E-state index is 0.0997. The van der Waals surface area contributed by atoms with Crippen molar-refractivity contribution in [2.24, 2.45) is 11.8 Å². The van der Waals surface area contributed by atoms with E-state index in [1.165, 1.54) is 16.7 Å². The Kier molecular flexibility index (Phi) is 5.47. The van der Waals surface area contributed by atoms with E-state index in [1.807, 2.05) is 11.0 Å². The smallest absolute Gasteiger partial charge is 0.223 e. The molecule has 2 aliphatic rings. The molecule has 2 saturated heterocycles. The van der Waals surface area contributed by atoms with Crippen LogP contribution in [0.4, 0.5) is 0 Å². The lowest BCUT2D eigenvalue weighted by molar-refractivity contribution is -0.130. The number of hydrogen-bond acceptors (Lipinski definition) is 2. The molecule has 2 aromatic rings. The Bertz CT molecular complexity index is 823. The molecule has 0 saturated carbocycles. The van der Waals surface area contributed by atoms with Gasteiger partial charge in [-0.2, -0.15) is 0 Å². The third-order valence-corrected chi connectivity index (χ3v) is 6.32. The van der Waals surface area contributed by atoms with Gasteiger partial charge in [-0.3, -0.25) is 9.59 Å². The van der Waals surface area contributed by atoms with Gasteiger partial charge in [-0.1, -0.05) is 54.6 Å². The summed E-state index contributed by atoms with van der Waals surface area (Å²) in [4.78, 5) is 25.9. The van der Waals surface area contributed by atoms with Crippen molar-refractivity contribution in [1.82, 2.24) is 10.2 Å². The van der Waals surface area contributed by atoms with Crippen LogP contribution < -0.4 is 5.32 Å². The number of piperidine rings is 1. The second-order valence-corrected chi connectivity index (χ2v) is 8.16. The number of carbonyl (C=O) groups is 2. The van der Waals surface area contributed by atoms with Crippen LogP contribution >= 0.6 is 0 Å². The van der Waals surface area contributed by atoms with Crippen molar-refractivity contribution in [2.75, 3.05) is 13.1 Å². The molecule has 0 aliphatic carbocycles. The van der Waals surface area contributed by atoms with Gasteiger partial charge < -0.3 is 10.2 Å². The highest BCUT2D eigenvalue weighted by Crippen LogP contribution is 2.33. The monoisotopic (exact) mass is 376 g/mol. The molecule has 28 heavy (non-hydrogen) atoms. The largest absolute Gasteiger partial charge is 0.353 e. The minimum absolute atomic E-state index is 0.0997. The summed E-state index contributed by atoms with van der Waals surface area (Å²) in [6.45, 7) is 3.20. The molecule has 2 aliphatic heterocycles. The van der Waals surface area contributed by atoms with Crippen LogP contribution in [-0.4, -0.2) is 35.8 Å². The molecule has 4 nitrogen and oxygen atoms in total. The number of likely N-dealkylation sites (tertiary alicyclic amines) is 1. The number of hydrogen-bond donors (Lipinski definition) is 1. The van der Waals surface area contributed by atoms with Crippen LogP contribution in [0.15, 0.2) is 54.6 Å². The van der Waals surface area contributed by atoms with Crippen LogP contribution in [0.1, 0.15) is 31.7 Å². The second-order valence-electron chi connectivity index (χ2n) is 8.16. The highest BCUT2D eigenvalue weighted by Gasteiger charge is 2.38. The average molecular weight is 377 g/mol. The van der Waals surface area contributed by atoms with Crippen LogP contribution in [0.3, 0.4) is 0 Å². The zero-order chi connectivity index (χ0) is 19.5. The Hall–Kier alpha value is -2.62. The molecule has 0 radical (unpaired) electrons. The SMILES string of the molecule is CC(=O)N1CCC(C2C[C@@H](Cc3ccc(-c4ccccc4)cc3)NC2=O)CC1. The third-order valence-electron chi connectivity index (χ3n) is 6.32. The van der Waals surface area contributed by atoms with Crippen molar-refractivity contribution < 1.29 is 9.59 Å². The first kappa shape index (κ1) is 18.7. The molecular weight excluding hydrogens is 348 g/mol. The molecule has 2 fully saturated rings. The first-order valence-corrected chi connectivity index (χ1v) is 10.3. The van der Waals surface area contributed by atoms with Gasteiger partial charge in [0.15, 0.2) is 0 Å². The van der Waals surface area contributed by atoms with E-state index in [4.69, 9.17) is 0 Å². The van der Waals surface area contributed by atoms with Crippen molar-refractivity contribution >= 4 is 11.8 Å². The number of rotatable bonds is 4. The highest BCUT2D eigenvalue weighted by molar-refractivity contribution is 5.81. The summed E-state index contributed by atoms with van der Waals surface area (Å²) in [5, 5.41) is 3.21. The maximum Gasteiger partial charge on any atom is 0.223 e. The van der Waals surface area contributed by atoms with E-state index in [9.17, 15) is 9.59 Å². The Balaban J connectivity index is 1.34. The number of benzene rings is 2. The van der Waals surface area contributed by atoms with Gasteiger partial charge in [-0.15, -0.1) is 0 Å². The van der Waals surface area contributed by atoms with E-state index in [2.05, 4.69) is 53.8 Å². The molecule has 2 heterocycles. The summed E-state index contributed by atoms with van der Waals surface area (Å²) in [5.41, 5.74) is 3.70. The zero-order valence-electron chi connectivity index (χ0n) is 16.4. The summed E-state index contributed by atoms with van der Waals surface area (Å²) in [6.07, 6.45) is 3.67. The number of amides is 2. The molecule has 2 aromatic carbocycles. The van der Waals surface area contributed by atoms with Gasteiger partial charge in [0.1, 0.15) is 0 Å². The van der Waals surface area contributed by atoms with Gasteiger partial charge in [-0.25, -0.2) is 0 Å². The second kappa shape index (κ2) is 8.17. The molecule has 1 unspecified atom stereocenters. The van der Waals surface area contributed by atoms with E-state index in [-0.39, 0.29) is 23.8 Å². The van der Waals surface area contributed by atoms with Crippen molar-refractivity contribution in [2.45, 2.75) is 38.6 Å². The molecule has 4 rings (SSSR count). The van der Waals surface area contributed by atoms with Gasteiger partial charge in [0.25, 0.3) is 0 Å². The lowest BCUT2D eigenvalue weighted by atomic mass is 9.82. The summed E-state index contributed by atoms with van der Waals surface area (Å²) < 4.78 is 0. The molecule has 4 heteroatoms. The molecule has 0 bridgehead atoms. The molecule has 146 valence electrons. The van der Waals surface area contributed by atoms with Gasteiger partial charge in [-0.05, 0) is 48.3 Å². The van der Waals surface area contributed by atoms with Gasteiger partial charge in [0.2, 0.25) is 11.8 Å². The fourth-order valence-corrected chi connectivity index (χ4v) is 4.69. The Labute approximate surface area is 166 Å². The molecular formula is C24H28N2O2. The van der Waals surface area contributed by atoms with Crippen molar-refractivity contribution in [3.05, 3.63) is 60.2 Å². The van der Waals surface area contributed by atoms with E-state index >= 15 is 0 Å². The number of nitrogens with one attached hydrogen (secondary N) is 1. The van der Waals surface area contributed by atoms with Crippen molar-refractivity contribution in [3.8, 4) is 11.1 Å². The lowest BCUT2D eigenvalue weighted by Gasteiger charge is -2.33. The Morgan fingerprint density at radius 1 is 1.00 bits per heavy atom. The average Bonchev–Trinajstić information content (AvgIpc) is 3.09. The molecule has 0 aromatic heterocycles. The fraction of sp³-hybridized carbons (Fsp3) is 0.417. The summed E-state index contributed by atoms with van der Waals surface area (Å²) >= 11 is 0. The summed E-state index contributed by atoms with van der Waals surface area (Å²) in [5.74, 6) is 0.849. The Morgan fingerprint density at radius 3 is 2.29 bits per heavy atom. The van der Waals surface area contributed by atoms with E-state index in [0.717, 1.165) is 38.8 Å². The van der Waals surface area contributed by atoms with Crippen LogP contribution in [0.5, 0.6) is 0 Å². The topological polar surface area (TPSA) is 49.4 Å². The first-order chi connectivity index (χ1) is 13.6. The molecule has 2 amide bonds. The Morgan fingerprint density at radius 2 is 1.64 bits per heavy atom. The van der Waals surface area contributed by atoms with Crippen molar-refractivity contribution in [3.63, 3.8) is 0 Å². The van der Waals surface area contributed by atoms with Gasteiger partial charge in [0.05, 0.1) is 0 Å². The summed E-state index contributed by atoms with van der Waals surface area (Å²) in [6, 6.07) is 19.3. The number of nitrogens with zero attached hydrogens (tertiary/aromatic N) is 1. The van der Waals surface area contributed by atoms with Crippen LogP contribution in [0.2, 0.25) is 0 Å². The lowest BCUT2D eigenvalue weighted by Crippen LogP contribution is -2.40. The fourth-order valence-electron chi connectivity index (χ4n) is 4.69. The van der Waals surface area contributed by atoms with Crippen molar-refractivity contribution in [1.29, 1.82) is 0 Å². The third kappa shape index (κ3) is 4.11. The number of carbonyl (C=O) groups excluding carboxylic acids is 2. The highest BCUT2D eigenvalue weighted by atomic mass is 16.2. The molecule has 0 spiro atoms. The zero-order valence-corrected chi connectivity index (χ0v) is 16.4. The molecule has 1 N–H and O–H groups in total.